The van der Waals surface area contributed by atoms with Crippen LogP contribution >= 0.6 is 0 Å². The molecule has 18 heavy (non-hydrogen) atoms. The predicted octanol–water partition coefficient (Wildman–Crippen LogP) is 4.61. The third-order valence-corrected chi connectivity index (χ3v) is 3.54. The van der Waals surface area contributed by atoms with E-state index in [1.54, 1.807) is 0 Å². The van der Waals surface area contributed by atoms with Crippen LogP contribution in [0.4, 0.5) is 0 Å². The summed E-state index contributed by atoms with van der Waals surface area (Å²) < 4.78 is 5.86. The van der Waals surface area contributed by atoms with Crippen molar-refractivity contribution in [1.82, 2.24) is 0 Å². The fourth-order valence-corrected chi connectivity index (χ4v) is 2.75. The minimum atomic E-state index is 0.185. The van der Waals surface area contributed by atoms with Crippen molar-refractivity contribution in [3.8, 4) is 0 Å². The molecule has 1 nitrogen and oxygen atoms in total. The Balaban J connectivity index is 2.40. The van der Waals surface area contributed by atoms with E-state index in [1.165, 1.54) is 22.3 Å². The lowest BCUT2D eigenvalue weighted by molar-refractivity contribution is 0.120. The second-order valence-corrected chi connectivity index (χ2v) is 4.53. The van der Waals surface area contributed by atoms with Crippen LogP contribution < -0.4 is 0 Å². The van der Waals surface area contributed by atoms with Crippen molar-refractivity contribution in [2.45, 2.75) is 39.7 Å². The lowest BCUT2D eigenvalue weighted by Crippen LogP contribution is -2.10. The van der Waals surface area contributed by atoms with Crippen LogP contribution in [0.2, 0.25) is 0 Å². The minimum absolute atomic E-state index is 0.185. The maximum Gasteiger partial charge on any atom is 0.0981 e. The van der Waals surface area contributed by atoms with E-state index in [4.69, 9.17) is 4.74 Å². The van der Waals surface area contributed by atoms with Gasteiger partial charge < -0.3 is 4.74 Å². The Kier molecular flexibility index (Phi) is 4.38. The Morgan fingerprint density at radius 2 is 1.72 bits per heavy atom. The van der Waals surface area contributed by atoms with Gasteiger partial charge in [-0.1, -0.05) is 44.2 Å². The van der Waals surface area contributed by atoms with Gasteiger partial charge in [0.15, 0.2) is 0 Å². The summed E-state index contributed by atoms with van der Waals surface area (Å²) in [6.07, 6.45) is 4.62. The third-order valence-electron chi connectivity index (χ3n) is 3.54. The zero-order chi connectivity index (χ0) is 13.0. The smallest absolute Gasteiger partial charge is 0.0981 e. The first-order chi connectivity index (χ1) is 8.81. The molecule has 96 valence electrons. The predicted molar refractivity (Wildman–Crippen MR) is 77.4 cm³/mol. The van der Waals surface area contributed by atoms with E-state index in [-0.39, 0.29) is 6.10 Å². The molecule has 0 radical (unpaired) electrons. The molecule has 1 heteroatoms. The maximum absolute atomic E-state index is 5.86. The molecular formula is C17H22O. The topological polar surface area (TPSA) is 9.23 Å². The van der Waals surface area contributed by atoms with Gasteiger partial charge in [-0.15, -0.1) is 0 Å². The molecule has 0 aliphatic heterocycles. The monoisotopic (exact) mass is 242 g/mol. The molecule has 1 aromatic rings. The molecule has 0 fully saturated rings. The Labute approximate surface area is 110 Å². The molecule has 1 aliphatic carbocycles. The van der Waals surface area contributed by atoms with Crippen LogP contribution in [0.5, 0.6) is 0 Å². The quantitative estimate of drug-likeness (QED) is 0.733. The number of hydrogen-bond donors (Lipinski definition) is 0. The van der Waals surface area contributed by atoms with Gasteiger partial charge in [-0.05, 0) is 48.1 Å². The summed E-state index contributed by atoms with van der Waals surface area (Å²) in [5.41, 5.74) is 5.61. The van der Waals surface area contributed by atoms with Crippen LogP contribution in [0.1, 0.15) is 39.2 Å². The second kappa shape index (κ2) is 6.01. The zero-order valence-corrected chi connectivity index (χ0v) is 11.6. The summed E-state index contributed by atoms with van der Waals surface area (Å²) in [4.78, 5) is 0. The van der Waals surface area contributed by atoms with Crippen molar-refractivity contribution in [2.24, 2.45) is 0 Å². The van der Waals surface area contributed by atoms with Gasteiger partial charge in [0, 0.05) is 6.61 Å². The Bertz CT molecular complexity index is 454. The van der Waals surface area contributed by atoms with E-state index in [1.807, 2.05) is 0 Å². The summed E-state index contributed by atoms with van der Waals surface area (Å²) in [7, 11) is 0. The van der Waals surface area contributed by atoms with Gasteiger partial charge in [0.05, 0.1) is 6.10 Å². The van der Waals surface area contributed by atoms with Gasteiger partial charge in [0.2, 0.25) is 0 Å². The van der Waals surface area contributed by atoms with E-state index in [2.05, 4.69) is 57.2 Å². The molecule has 2 rings (SSSR count). The molecule has 0 spiro atoms. The summed E-state index contributed by atoms with van der Waals surface area (Å²) in [5.74, 6) is 0. The van der Waals surface area contributed by atoms with Crippen molar-refractivity contribution in [2.75, 3.05) is 6.61 Å². The Morgan fingerprint density at radius 3 is 2.28 bits per heavy atom. The molecule has 0 N–H and O–H groups in total. The van der Waals surface area contributed by atoms with Crippen molar-refractivity contribution in [1.29, 1.82) is 0 Å². The van der Waals surface area contributed by atoms with Crippen LogP contribution in [0.15, 0.2) is 47.6 Å². The summed E-state index contributed by atoms with van der Waals surface area (Å²) in [5, 5.41) is 0. The first-order valence-corrected chi connectivity index (χ1v) is 6.92. The molecule has 0 saturated carbocycles. The summed E-state index contributed by atoms with van der Waals surface area (Å²) >= 11 is 0. The highest BCUT2D eigenvalue weighted by Crippen LogP contribution is 2.38. The summed E-state index contributed by atoms with van der Waals surface area (Å²) in [6.45, 7) is 7.28. The van der Waals surface area contributed by atoms with Crippen molar-refractivity contribution in [3.05, 3.63) is 53.1 Å². The molecule has 0 amide bonds. The molecule has 0 bridgehead atoms. The minimum Gasteiger partial charge on any atom is -0.370 e. The van der Waals surface area contributed by atoms with Gasteiger partial charge in [0.25, 0.3) is 0 Å². The molecular weight excluding hydrogens is 220 g/mol. The van der Waals surface area contributed by atoms with Gasteiger partial charge in [0.1, 0.15) is 0 Å². The van der Waals surface area contributed by atoms with Crippen LogP contribution in [0.3, 0.4) is 0 Å². The van der Waals surface area contributed by atoms with Crippen LogP contribution in [-0.4, -0.2) is 12.7 Å². The van der Waals surface area contributed by atoms with Gasteiger partial charge in [-0.2, -0.15) is 0 Å². The number of hydrogen-bond acceptors (Lipinski definition) is 1. The third kappa shape index (κ3) is 2.41. The lowest BCUT2D eigenvalue weighted by Gasteiger charge is -2.13. The van der Waals surface area contributed by atoms with Gasteiger partial charge in [-0.3, -0.25) is 0 Å². The van der Waals surface area contributed by atoms with E-state index in [9.17, 15) is 0 Å². The standard InChI is InChI=1S/C17H22O/c1-4-14-15(5-2)17(18-6-3)12-16(14)13-10-8-7-9-11-13/h7-12,17H,4-6H2,1-3H3. The maximum atomic E-state index is 5.86. The highest BCUT2D eigenvalue weighted by atomic mass is 16.5. The highest BCUT2D eigenvalue weighted by molar-refractivity contribution is 5.83. The van der Waals surface area contributed by atoms with Crippen LogP contribution in [-0.2, 0) is 4.74 Å². The van der Waals surface area contributed by atoms with Crippen LogP contribution in [0, 0.1) is 0 Å². The summed E-state index contributed by atoms with van der Waals surface area (Å²) in [6, 6.07) is 10.6. The normalized spacial score (nSPS) is 19.3. The van der Waals surface area contributed by atoms with E-state index < -0.39 is 0 Å². The number of benzene rings is 1. The molecule has 0 aromatic heterocycles. The largest absolute Gasteiger partial charge is 0.370 e. The molecule has 1 atom stereocenters. The molecule has 1 unspecified atom stereocenters. The number of rotatable bonds is 5. The second-order valence-electron chi connectivity index (χ2n) is 4.53. The zero-order valence-electron chi connectivity index (χ0n) is 11.6. The molecule has 0 heterocycles. The lowest BCUT2D eigenvalue weighted by atomic mass is 9.96. The van der Waals surface area contributed by atoms with Crippen molar-refractivity contribution >= 4 is 5.57 Å². The van der Waals surface area contributed by atoms with E-state index in [0.29, 0.717) is 0 Å². The average molecular weight is 242 g/mol. The first-order valence-electron chi connectivity index (χ1n) is 6.92. The van der Waals surface area contributed by atoms with Crippen LogP contribution in [0.25, 0.3) is 5.57 Å². The van der Waals surface area contributed by atoms with Crippen molar-refractivity contribution < 1.29 is 4.74 Å². The Hall–Kier alpha value is -1.34. The number of ether oxygens (including phenoxy) is 1. The van der Waals surface area contributed by atoms with Gasteiger partial charge >= 0.3 is 0 Å². The molecule has 1 aromatic carbocycles. The van der Waals surface area contributed by atoms with Crippen molar-refractivity contribution in [3.63, 3.8) is 0 Å². The van der Waals surface area contributed by atoms with E-state index in [0.717, 1.165) is 19.4 Å². The fraction of sp³-hybridized carbons (Fsp3) is 0.412. The Morgan fingerprint density at radius 1 is 1.00 bits per heavy atom. The fourth-order valence-electron chi connectivity index (χ4n) is 2.75. The highest BCUT2D eigenvalue weighted by Gasteiger charge is 2.24. The van der Waals surface area contributed by atoms with Gasteiger partial charge in [-0.25, -0.2) is 0 Å². The average Bonchev–Trinajstić information content (AvgIpc) is 2.77. The first kappa shape index (κ1) is 13.1. The number of allylic oxidation sites excluding steroid dienone is 2. The van der Waals surface area contributed by atoms with E-state index >= 15 is 0 Å². The molecule has 1 aliphatic rings. The SMILES string of the molecule is CCOC1C=C(c2ccccc2)C(CC)=C1CC. The molecule has 0 saturated heterocycles.